The van der Waals surface area contributed by atoms with Crippen LogP contribution >= 0.6 is 0 Å². The Bertz CT molecular complexity index is 1750. The summed E-state index contributed by atoms with van der Waals surface area (Å²) in [5, 5.41) is 28.4. The summed E-state index contributed by atoms with van der Waals surface area (Å²) in [7, 11) is 3.25. The molecular formula is C42H56N4O8. The summed E-state index contributed by atoms with van der Waals surface area (Å²) < 4.78 is 10.3. The maximum absolute atomic E-state index is 10.9. The number of amides is 2. The van der Waals surface area contributed by atoms with Crippen LogP contribution in [0.2, 0.25) is 0 Å². The maximum Gasteiger partial charge on any atom is 0.310 e. The minimum Gasteiger partial charge on any atom is -0.497 e. The lowest BCUT2D eigenvalue weighted by Gasteiger charge is -2.25. The standard InChI is InChI=1S/2C14H14O3.2C7H14N2O/c2*1-9(14(15)16)10-3-4-12-8-13(17-2)6-5-11(12)7-10;2*1-5-2-6(7(8)10)4-9-3-5/h2*3-9H,1-2H3,(H,15,16);2*5-6,9H,2-4H2,1H3,(H2,8,10)/t2*9-;2*5-,6-/m1100/s1. The molecule has 6 rings (SSSR count). The third-order valence-corrected chi connectivity index (χ3v) is 9.83. The summed E-state index contributed by atoms with van der Waals surface area (Å²) in [5.41, 5.74) is 11.9. The van der Waals surface area contributed by atoms with Gasteiger partial charge in [-0.15, -0.1) is 0 Å². The third kappa shape index (κ3) is 13.0. The van der Waals surface area contributed by atoms with Crippen molar-refractivity contribution in [1.29, 1.82) is 0 Å². The molecule has 0 saturated carbocycles. The smallest absolute Gasteiger partial charge is 0.310 e. The highest BCUT2D eigenvalue weighted by atomic mass is 16.5. The van der Waals surface area contributed by atoms with Crippen molar-refractivity contribution in [3.63, 3.8) is 0 Å². The number of methoxy groups -OCH3 is 2. The zero-order valence-electron chi connectivity index (χ0n) is 32.1. The first kappa shape index (κ1) is 43.2. The molecule has 4 aromatic rings. The molecule has 0 aliphatic carbocycles. The molecule has 0 bridgehead atoms. The zero-order chi connectivity index (χ0) is 39.9. The van der Waals surface area contributed by atoms with Crippen molar-refractivity contribution in [2.75, 3.05) is 40.4 Å². The van der Waals surface area contributed by atoms with E-state index in [1.54, 1.807) is 28.1 Å². The minimum atomic E-state index is -0.808. The number of nitrogens with one attached hydrogen (secondary N) is 2. The van der Waals surface area contributed by atoms with E-state index in [0.717, 1.165) is 83.2 Å². The van der Waals surface area contributed by atoms with E-state index < -0.39 is 23.8 Å². The van der Waals surface area contributed by atoms with Crippen LogP contribution in [0.4, 0.5) is 0 Å². The normalized spacial score (nSPS) is 20.3. The number of primary amides is 2. The number of piperidine rings is 2. The first-order valence-electron chi connectivity index (χ1n) is 18.2. The highest BCUT2D eigenvalue weighted by Crippen LogP contribution is 2.26. The van der Waals surface area contributed by atoms with Crippen LogP contribution < -0.4 is 31.6 Å². The monoisotopic (exact) mass is 744 g/mol. The van der Waals surface area contributed by atoms with Crippen molar-refractivity contribution in [1.82, 2.24) is 10.6 Å². The summed E-state index contributed by atoms with van der Waals surface area (Å²) in [4.78, 5) is 43.2. The van der Waals surface area contributed by atoms with E-state index in [2.05, 4.69) is 24.5 Å². The van der Waals surface area contributed by atoms with Gasteiger partial charge in [-0.3, -0.25) is 19.2 Å². The van der Waals surface area contributed by atoms with Crippen molar-refractivity contribution in [2.24, 2.45) is 35.1 Å². The third-order valence-electron chi connectivity index (χ3n) is 9.83. The molecule has 2 saturated heterocycles. The van der Waals surface area contributed by atoms with Crippen LogP contribution in [0.1, 0.15) is 63.5 Å². The predicted octanol–water partition coefficient (Wildman–Crippen LogP) is 5.51. The molecule has 54 heavy (non-hydrogen) atoms. The van der Waals surface area contributed by atoms with E-state index in [1.165, 1.54) is 0 Å². The Labute approximate surface area is 317 Å². The van der Waals surface area contributed by atoms with E-state index >= 15 is 0 Å². The van der Waals surface area contributed by atoms with Crippen LogP contribution in [0.25, 0.3) is 21.5 Å². The van der Waals surface area contributed by atoms with Crippen molar-refractivity contribution in [3.05, 3.63) is 83.9 Å². The highest BCUT2D eigenvalue weighted by molar-refractivity contribution is 5.87. The number of ether oxygens (including phenoxy) is 2. The molecule has 2 aliphatic heterocycles. The predicted molar refractivity (Wildman–Crippen MR) is 212 cm³/mol. The van der Waals surface area contributed by atoms with Gasteiger partial charge in [0.25, 0.3) is 0 Å². The molecule has 12 heteroatoms. The van der Waals surface area contributed by atoms with Gasteiger partial charge in [0.2, 0.25) is 11.8 Å². The fraction of sp³-hybridized carbons (Fsp3) is 0.429. The SMILES string of the molecule is COc1ccc2cc([C@@H](C)C(=O)O)ccc2c1.COc1ccc2cc([C@@H](C)C(=O)O)ccc2c1.C[C@@H]1CNC[C@@H](C(N)=O)C1.C[C@@H]1CNC[C@@H](C(N)=O)C1. The number of benzene rings is 4. The average molecular weight is 745 g/mol. The first-order chi connectivity index (χ1) is 25.6. The van der Waals surface area contributed by atoms with Gasteiger partial charge < -0.3 is 41.8 Å². The van der Waals surface area contributed by atoms with Gasteiger partial charge in [0.05, 0.1) is 37.9 Å². The van der Waals surface area contributed by atoms with Crippen LogP contribution in [0.5, 0.6) is 11.5 Å². The number of aliphatic carboxylic acids is 2. The lowest BCUT2D eigenvalue weighted by Crippen LogP contribution is -2.41. The molecule has 12 nitrogen and oxygen atoms in total. The Kier molecular flexibility index (Phi) is 16.7. The van der Waals surface area contributed by atoms with Gasteiger partial charge in [0.1, 0.15) is 11.5 Å². The molecule has 2 aliphatic rings. The summed E-state index contributed by atoms with van der Waals surface area (Å²) in [6, 6.07) is 22.9. The van der Waals surface area contributed by atoms with Gasteiger partial charge in [0.15, 0.2) is 0 Å². The van der Waals surface area contributed by atoms with E-state index in [4.69, 9.17) is 31.2 Å². The number of carbonyl (C=O) groups excluding carboxylic acids is 2. The number of carboxylic acids is 2. The van der Waals surface area contributed by atoms with E-state index in [-0.39, 0.29) is 23.7 Å². The first-order valence-corrected chi connectivity index (χ1v) is 18.2. The second-order valence-electron chi connectivity index (χ2n) is 14.3. The molecule has 0 radical (unpaired) electrons. The Morgan fingerprint density at radius 2 is 0.926 bits per heavy atom. The summed E-state index contributed by atoms with van der Waals surface area (Å²) >= 11 is 0. The fourth-order valence-electron chi connectivity index (χ4n) is 6.31. The Hall–Kier alpha value is -5.20. The van der Waals surface area contributed by atoms with Crippen LogP contribution in [0.3, 0.4) is 0 Å². The summed E-state index contributed by atoms with van der Waals surface area (Å²) in [5.74, 6) is -0.0186. The van der Waals surface area contributed by atoms with Gasteiger partial charge in [-0.1, -0.05) is 62.4 Å². The molecule has 8 N–H and O–H groups in total. The van der Waals surface area contributed by atoms with E-state index in [0.29, 0.717) is 11.8 Å². The molecule has 0 unspecified atom stereocenters. The highest BCUT2D eigenvalue weighted by Gasteiger charge is 2.23. The number of hydrogen-bond acceptors (Lipinski definition) is 8. The Balaban J connectivity index is 0.000000200. The van der Waals surface area contributed by atoms with Gasteiger partial charge >= 0.3 is 11.9 Å². The lowest BCUT2D eigenvalue weighted by molar-refractivity contribution is -0.139. The molecular weight excluding hydrogens is 688 g/mol. The quantitative estimate of drug-likeness (QED) is 0.134. The van der Waals surface area contributed by atoms with Gasteiger partial charge in [-0.25, -0.2) is 0 Å². The van der Waals surface area contributed by atoms with Crippen molar-refractivity contribution >= 4 is 45.3 Å². The molecule has 2 heterocycles. The number of rotatable bonds is 8. The Morgan fingerprint density at radius 3 is 1.20 bits per heavy atom. The van der Waals surface area contributed by atoms with E-state index in [1.807, 2.05) is 72.8 Å². The van der Waals surface area contributed by atoms with E-state index in [9.17, 15) is 19.2 Å². The topological polar surface area (TPSA) is 203 Å². The molecule has 4 aromatic carbocycles. The van der Waals surface area contributed by atoms with Crippen molar-refractivity contribution in [2.45, 2.75) is 52.4 Å². The number of fused-ring (bicyclic) bond motifs is 2. The van der Waals surface area contributed by atoms with Gasteiger partial charge in [-0.05, 0) is 109 Å². The van der Waals surface area contributed by atoms with Crippen LogP contribution in [-0.2, 0) is 19.2 Å². The molecule has 0 spiro atoms. The summed E-state index contributed by atoms with van der Waals surface area (Å²) in [6.45, 7) is 11.2. The zero-order valence-corrected chi connectivity index (χ0v) is 32.1. The number of nitrogens with two attached hydrogens (primary N) is 2. The molecule has 2 fully saturated rings. The molecule has 6 atom stereocenters. The second kappa shape index (κ2) is 20.9. The second-order valence-corrected chi connectivity index (χ2v) is 14.3. The number of carbonyl (C=O) groups is 4. The largest absolute Gasteiger partial charge is 0.497 e. The maximum atomic E-state index is 10.9. The molecule has 2 amide bonds. The van der Waals surface area contributed by atoms with Crippen LogP contribution in [0.15, 0.2) is 72.8 Å². The molecule has 292 valence electrons. The number of carboxylic acid groups (broad SMARTS) is 2. The lowest BCUT2D eigenvalue weighted by atomic mass is 9.91. The van der Waals surface area contributed by atoms with Gasteiger partial charge in [-0.2, -0.15) is 0 Å². The number of hydrogen-bond donors (Lipinski definition) is 6. The minimum absolute atomic E-state index is 0.0590. The summed E-state index contributed by atoms with van der Waals surface area (Å²) in [6.07, 6.45) is 1.89. The van der Waals surface area contributed by atoms with Gasteiger partial charge in [0, 0.05) is 13.1 Å². The Morgan fingerprint density at radius 1 is 0.593 bits per heavy atom. The van der Waals surface area contributed by atoms with Crippen molar-refractivity contribution in [3.8, 4) is 11.5 Å². The molecule has 0 aromatic heterocycles. The van der Waals surface area contributed by atoms with Crippen LogP contribution in [0, 0.1) is 23.7 Å². The average Bonchev–Trinajstić information content (AvgIpc) is 3.17. The van der Waals surface area contributed by atoms with Crippen LogP contribution in [-0.4, -0.2) is 74.4 Å². The van der Waals surface area contributed by atoms with Crippen molar-refractivity contribution < 1.29 is 38.9 Å². The fourth-order valence-corrected chi connectivity index (χ4v) is 6.31.